The monoisotopic (exact) mass is 221 g/mol. The van der Waals surface area contributed by atoms with E-state index in [1.165, 1.54) is 0 Å². The van der Waals surface area contributed by atoms with Crippen molar-refractivity contribution in [1.82, 2.24) is 5.32 Å². The number of carbonyl (C=O) groups is 1. The van der Waals surface area contributed by atoms with E-state index in [0.29, 0.717) is 5.56 Å². The quantitative estimate of drug-likeness (QED) is 0.792. The lowest BCUT2D eigenvalue weighted by Crippen LogP contribution is -2.44. The number of carbonyl (C=O) groups excluding carboxylic acids is 1. The normalized spacial score (nSPS) is 11.3. The van der Waals surface area contributed by atoms with Crippen molar-refractivity contribution in [3.05, 3.63) is 29.3 Å². The first kappa shape index (κ1) is 12.7. The van der Waals surface area contributed by atoms with Crippen molar-refractivity contribution in [3.63, 3.8) is 0 Å². The smallest absolute Gasteiger partial charge is 0.182 e. The van der Waals surface area contributed by atoms with Crippen LogP contribution < -0.4 is 10.1 Å². The van der Waals surface area contributed by atoms with Crippen LogP contribution >= 0.6 is 0 Å². The number of methoxy groups -OCH3 is 1. The lowest BCUT2D eigenvalue weighted by atomic mass is 9.92. The summed E-state index contributed by atoms with van der Waals surface area (Å²) >= 11 is 0. The van der Waals surface area contributed by atoms with Crippen LogP contribution in [-0.4, -0.2) is 25.5 Å². The largest absolute Gasteiger partial charge is 0.496 e. The van der Waals surface area contributed by atoms with Gasteiger partial charge in [-0.2, -0.15) is 0 Å². The lowest BCUT2D eigenvalue weighted by molar-refractivity contribution is 0.0889. The van der Waals surface area contributed by atoms with Gasteiger partial charge in [0.1, 0.15) is 5.75 Å². The van der Waals surface area contributed by atoms with Crippen LogP contribution in [0.2, 0.25) is 0 Å². The van der Waals surface area contributed by atoms with Crippen molar-refractivity contribution in [1.29, 1.82) is 0 Å². The molecule has 3 nitrogen and oxygen atoms in total. The summed E-state index contributed by atoms with van der Waals surface area (Å²) in [6.45, 7) is 5.67. The SMILES string of the molecule is CNC(C)(C)C(=O)c1ccc(OC)c(C)c1. The highest BCUT2D eigenvalue weighted by Gasteiger charge is 2.26. The summed E-state index contributed by atoms with van der Waals surface area (Å²) in [5.41, 5.74) is 1.14. The molecule has 16 heavy (non-hydrogen) atoms. The van der Waals surface area contributed by atoms with Crippen LogP contribution in [0.3, 0.4) is 0 Å². The van der Waals surface area contributed by atoms with Gasteiger partial charge in [-0.15, -0.1) is 0 Å². The number of aryl methyl sites for hydroxylation is 1. The molecular weight excluding hydrogens is 202 g/mol. The Morgan fingerprint density at radius 1 is 1.38 bits per heavy atom. The molecule has 1 aromatic rings. The Morgan fingerprint density at radius 3 is 2.44 bits per heavy atom. The van der Waals surface area contributed by atoms with Crippen molar-refractivity contribution in [2.45, 2.75) is 26.3 Å². The van der Waals surface area contributed by atoms with Crippen molar-refractivity contribution in [3.8, 4) is 5.75 Å². The summed E-state index contributed by atoms with van der Waals surface area (Å²) in [6.07, 6.45) is 0. The third kappa shape index (κ3) is 2.42. The van der Waals surface area contributed by atoms with Gasteiger partial charge in [0.25, 0.3) is 0 Å². The van der Waals surface area contributed by atoms with E-state index in [1.54, 1.807) is 20.2 Å². The summed E-state index contributed by atoms with van der Waals surface area (Å²) in [5.74, 6) is 0.888. The van der Waals surface area contributed by atoms with Crippen LogP contribution in [0.1, 0.15) is 29.8 Å². The first-order valence-corrected chi connectivity index (χ1v) is 5.30. The molecule has 0 saturated heterocycles. The average Bonchev–Trinajstić information content (AvgIpc) is 2.27. The number of hydrogen-bond acceptors (Lipinski definition) is 3. The van der Waals surface area contributed by atoms with Crippen LogP contribution in [0, 0.1) is 6.92 Å². The predicted molar refractivity (Wildman–Crippen MR) is 65.2 cm³/mol. The minimum atomic E-state index is -0.541. The van der Waals surface area contributed by atoms with Gasteiger partial charge in [0, 0.05) is 5.56 Å². The molecule has 0 atom stereocenters. The van der Waals surface area contributed by atoms with Crippen LogP contribution in [0.25, 0.3) is 0 Å². The second kappa shape index (κ2) is 4.66. The second-order valence-electron chi connectivity index (χ2n) is 4.39. The van der Waals surface area contributed by atoms with E-state index in [0.717, 1.165) is 11.3 Å². The van der Waals surface area contributed by atoms with Crippen molar-refractivity contribution in [2.24, 2.45) is 0 Å². The fraction of sp³-hybridized carbons (Fsp3) is 0.462. The van der Waals surface area contributed by atoms with E-state index >= 15 is 0 Å². The molecule has 0 aliphatic heterocycles. The minimum Gasteiger partial charge on any atom is -0.496 e. The van der Waals surface area contributed by atoms with Crippen molar-refractivity contribution < 1.29 is 9.53 Å². The van der Waals surface area contributed by atoms with Crippen LogP contribution in [0.5, 0.6) is 5.75 Å². The highest BCUT2D eigenvalue weighted by molar-refractivity contribution is 6.02. The molecule has 1 aromatic carbocycles. The van der Waals surface area contributed by atoms with Crippen molar-refractivity contribution >= 4 is 5.78 Å². The molecule has 1 rings (SSSR count). The summed E-state index contributed by atoms with van der Waals surface area (Å²) < 4.78 is 5.16. The lowest BCUT2D eigenvalue weighted by Gasteiger charge is -2.22. The average molecular weight is 221 g/mol. The molecule has 0 aliphatic carbocycles. The van der Waals surface area contributed by atoms with Gasteiger partial charge in [0.05, 0.1) is 12.6 Å². The Kier molecular flexibility index (Phi) is 3.70. The summed E-state index contributed by atoms with van der Waals surface area (Å²) in [4.78, 5) is 12.1. The standard InChI is InChI=1S/C13H19NO2/c1-9-8-10(6-7-11(9)16-5)12(15)13(2,3)14-4/h6-8,14H,1-5H3. The molecule has 0 aliphatic rings. The highest BCUT2D eigenvalue weighted by Crippen LogP contribution is 2.21. The maximum absolute atomic E-state index is 12.1. The molecule has 88 valence electrons. The van der Waals surface area contributed by atoms with Gasteiger partial charge in [-0.25, -0.2) is 0 Å². The molecule has 0 saturated carbocycles. The number of benzene rings is 1. The minimum absolute atomic E-state index is 0.0840. The Hall–Kier alpha value is -1.35. The van der Waals surface area contributed by atoms with Crippen LogP contribution in [0.15, 0.2) is 18.2 Å². The Bertz CT molecular complexity index is 397. The molecule has 0 spiro atoms. The molecule has 0 heterocycles. The predicted octanol–water partition coefficient (Wildman–Crippen LogP) is 2.18. The Morgan fingerprint density at radius 2 is 2.00 bits per heavy atom. The molecule has 0 fully saturated rings. The molecular formula is C13H19NO2. The third-order valence-corrected chi connectivity index (χ3v) is 2.85. The molecule has 0 aromatic heterocycles. The van der Waals surface area contributed by atoms with Crippen LogP contribution in [0.4, 0.5) is 0 Å². The van der Waals surface area contributed by atoms with Gasteiger partial charge in [0.15, 0.2) is 5.78 Å². The molecule has 3 heteroatoms. The number of rotatable bonds is 4. The summed E-state index contributed by atoms with van der Waals surface area (Å²) in [7, 11) is 3.41. The van der Waals surface area contributed by atoms with Gasteiger partial charge in [-0.05, 0) is 51.6 Å². The zero-order chi connectivity index (χ0) is 12.3. The maximum atomic E-state index is 12.1. The highest BCUT2D eigenvalue weighted by atomic mass is 16.5. The summed E-state index contributed by atoms with van der Waals surface area (Å²) in [6, 6.07) is 5.49. The molecule has 0 amide bonds. The molecule has 0 radical (unpaired) electrons. The fourth-order valence-electron chi connectivity index (χ4n) is 1.49. The van der Waals surface area contributed by atoms with Crippen molar-refractivity contribution in [2.75, 3.05) is 14.2 Å². The van der Waals surface area contributed by atoms with Crippen LogP contribution in [-0.2, 0) is 0 Å². The molecule has 0 bridgehead atoms. The van der Waals surface area contributed by atoms with E-state index < -0.39 is 5.54 Å². The van der Waals surface area contributed by atoms with E-state index in [4.69, 9.17) is 4.74 Å². The van der Waals surface area contributed by atoms with E-state index in [9.17, 15) is 4.79 Å². The number of ether oxygens (including phenoxy) is 1. The second-order valence-corrected chi connectivity index (χ2v) is 4.39. The molecule has 0 unspecified atom stereocenters. The number of nitrogens with one attached hydrogen (secondary N) is 1. The molecule has 1 N–H and O–H groups in total. The van der Waals surface area contributed by atoms with Gasteiger partial charge >= 0.3 is 0 Å². The van der Waals surface area contributed by atoms with Gasteiger partial charge < -0.3 is 10.1 Å². The fourth-order valence-corrected chi connectivity index (χ4v) is 1.49. The maximum Gasteiger partial charge on any atom is 0.182 e. The first-order valence-electron chi connectivity index (χ1n) is 5.30. The number of hydrogen-bond donors (Lipinski definition) is 1. The van der Waals surface area contributed by atoms with Gasteiger partial charge in [0.2, 0.25) is 0 Å². The zero-order valence-corrected chi connectivity index (χ0v) is 10.5. The number of Topliss-reactive ketones (excluding diaryl/α,β-unsaturated/α-hetero) is 1. The van der Waals surface area contributed by atoms with Gasteiger partial charge in [-0.3, -0.25) is 4.79 Å². The van der Waals surface area contributed by atoms with Gasteiger partial charge in [-0.1, -0.05) is 0 Å². The third-order valence-electron chi connectivity index (χ3n) is 2.85. The number of ketones is 1. The first-order chi connectivity index (χ1) is 7.42. The Labute approximate surface area is 96.8 Å². The summed E-state index contributed by atoms with van der Waals surface area (Å²) in [5, 5.41) is 3.01. The zero-order valence-electron chi connectivity index (χ0n) is 10.5. The topological polar surface area (TPSA) is 38.3 Å². The Balaban J connectivity index is 3.07. The van der Waals surface area contributed by atoms with E-state index in [-0.39, 0.29) is 5.78 Å². The number of likely N-dealkylation sites (N-methyl/N-ethyl adjacent to an activating group) is 1. The van der Waals surface area contributed by atoms with E-state index in [2.05, 4.69) is 5.32 Å². The van der Waals surface area contributed by atoms with E-state index in [1.807, 2.05) is 32.9 Å².